The fourth-order valence-corrected chi connectivity index (χ4v) is 2.12. The lowest BCUT2D eigenvalue weighted by Gasteiger charge is -2.28. The number of nitroso groups, excluding NO2 is 1. The van der Waals surface area contributed by atoms with Crippen LogP contribution in [0.5, 0.6) is 0 Å². The molecule has 4 nitrogen and oxygen atoms in total. The summed E-state index contributed by atoms with van der Waals surface area (Å²) in [6.45, 7) is 0.687. The molecule has 0 aliphatic carbocycles. The molecule has 0 fully saturated rings. The highest BCUT2D eigenvalue weighted by Gasteiger charge is 2.21. The van der Waals surface area contributed by atoms with Gasteiger partial charge in [0.1, 0.15) is 11.6 Å². The van der Waals surface area contributed by atoms with Gasteiger partial charge >= 0.3 is 0 Å². The molecule has 0 aromatic heterocycles. The van der Waals surface area contributed by atoms with Gasteiger partial charge in [-0.2, -0.15) is 0 Å². The number of carbonyl (C=O) groups is 1. The van der Waals surface area contributed by atoms with Crippen LogP contribution in [0.4, 0.5) is 11.4 Å². The molecule has 1 aromatic rings. The van der Waals surface area contributed by atoms with Crippen molar-refractivity contribution in [2.45, 2.75) is 12.8 Å². The van der Waals surface area contributed by atoms with Crippen LogP contribution < -0.4 is 4.90 Å². The molecule has 1 aliphatic rings. The van der Waals surface area contributed by atoms with Crippen LogP contribution in [0.15, 0.2) is 23.4 Å². The number of halogens is 1. The minimum atomic E-state index is -0.102. The van der Waals surface area contributed by atoms with Gasteiger partial charge in [-0.1, -0.05) is 0 Å². The summed E-state index contributed by atoms with van der Waals surface area (Å²) in [5.74, 6) is -0.123. The van der Waals surface area contributed by atoms with Crippen LogP contribution in [0.1, 0.15) is 12.0 Å². The summed E-state index contributed by atoms with van der Waals surface area (Å²) >= 11 is 5.55. The van der Waals surface area contributed by atoms with Crippen LogP contribution in [0.2, 0.25) is 0 Å². The van der Waals surface area contributed by atoms with Crippen molar-refractivity contribution in [1.29, 1.82) is 0 Å². The van der Waals surface area contributed by atoms with E-state index in [4.69, 9.17) is 11.6 Å². The zero-order valence-corrected chi connectivity index (χ0v) is 9.41. The smallest absolute Gasteiger partial charge is 0.241 e. The summed E-state index contributed by atoms with van der Waals surface area (Å²) in [6.07, 6.45) is 1.75. The zero-order valence-electron chi connectivity index (χ0n) is 8.65. The third-order valence-electron chi connectivity index (χ3n) is 2.70. The highest BCUT2D eigenvalue weighted by atomic mass is 35.5. The van der Waals surface area contributed by atoms with Gasteiger partial charge in [-0.3, -0.25) is 4.79 Å². The number of alkyl halides is 1. The largest absolute Gasteiger partial charge is 0.311 e. The van der Waals surface area contributed by atoms with Crippen molar-refractivity contribution in [3.63, 3.8) is 0 Å². The molecule has 0 atom stereocenters. The van der Waals surface area contributed by atoms with Crippen LogP contribution >= 0.6 is 11.6 Å². The number of aryl methyl sites for hydroxylation is 1. The number of carbonyl (C=O) groups excluding carboxylic acids is 1. The fourth-order valence-electron chi connectivity index (χ4n) is 1.97. The molecule has 0 bridgehead atoms. The number of nitrogens with zero attached hydrogens (tertiary/aromatic N) is 2. The van der Waals surface area contributed by atoms with Crippen molar-refractivity contribution < 1.29 is 4.79 Å². The molecule has 1 aromatic carbocycles. The molecule has 1 aliphatic heterocycles. The SMILES string of the molecule is O=Nc1ccc2c(c1)CCCN2C(=O)CCl. The topological polar surface area (TPSA) is 49.7 Å². The Hall–Kier alpha value is -1.42. The minimum Gasteiger partial charge on any atom is -0.311 e. The number of anilines is 1. The van der Waals surface area contributed by atoms with Crippen molar-refractivity contribution in [1.82, 2.24) is 0 Å². The maximum absolute atomic E-state index is 11.6. The van der Waals surface area contributed by atoms with Crippen molar-refractivity contribution in [2.75, 3.05) is 17.3 Å². The van der Waals surface area contributed by atoms with Crippen LogP contribution in [-0.2, 0) is 11.2 Å². The maximum Gasteiger partial charge on any atom is 0.241 e. The third-order valence-corrected chi connectivity index (χ3v) is 2.93. The lowest BCUT2D eigenvalue weighted by atomic mass is 10.0. The summed E-state index contributed by atoms with van der Waals surface area (Å²) in [5, 5.41) is 2.89. The number of hydrogen-bond donors (Lipinski definition) is 0. The molecule has 0 saturated carbocycles. The number of amides is 1. The van der Waals surface area contributed by atoms with Crippen molar-refractivity contribution >= 4 is 28.9 Å². The highest BCUT2D eigenvalue weighted by molar-refractivity contribution is 6.29. The zero-order chi connectivity index (χ0) is 11.5. The van der Waals surface area contributed by atoms with Gasteiger partial charge in [0, 0.05) is 12.2 Å². The lowest BCUT2D eigenvalue weighted by Crippen LogP contribution is -2.36. The second-order valence-corrected chi connectivity index (χ2v) is 3.95. The lowest BCUT2D eigenvalue weighted by molar-refractivity contribution is -0.116. The van der Waals surface area contributed by atoms with E-state index in [0.29, 0.717) is 12.2 Å². The van der Waals surface area contributed by atoms with E-state index in [1.54, 1.807) is 23.1 Å². The Balaban J connectivity index is 2.39. The Morgan fingerprint density at radius 3 is 3.00 bits per heavy atom. The summed E-state index contributed by atoms with van der Waals surface area (Å²) in [7, 11) is 0. The standard InChI is InChI=1S/C11H11ClN2O2/c12-7-11(15)14-5-1-2-8-6-9(13-16)3-4-10(8)14/h3-4,6H,1-2,5,7H2. The molecule has 84 valence electrons. The fraction of sp³-hybridized carbons (Fsp3) is 0.364. The van der Waals surface area contributed by atoms with Gasteiger partial charge in [0.05, 0.1) is 0 Å². The molecule has 0 saturated heterocycles. The monoisotopic (exact) mass is 238 g/mol. The Labute approximate surface area is 98.2 Å². The second kappa shape index (κ2) is 4.61. The van der Waals surface area contributed by atoms with Gasteiger partial charge in [-0.15, -0.1) is 16.5 Å². The first-order chi connectivity index (χ1) is 7.76. The second-order valence-electron chi connectivity index (χ2n) is 3.69. The Kier molecular flexibility index (Phi) is 3.19. The average molecular weight is 239 g/mol. The molecule has 0 N–H and O–H groups in total. The summed E-state index contributed by atoms with van der Waals surface area (Å²) in [6, 6.07) is 5.11. The molecule has 5 heteroatoms. The van der Waals surface area contributed by atoms with E-state index >= 15 is 0 Å². The number of rotatable bonds is 2. The summed E-state index contributed by atoms with van der Waals surface area (Å²) < 4.78 is 0. The molecule has 2 rings (SSSR count). The van der Waals surface area contributed by atoms with E-state index in [1.807, 2.05) is 0 Å². The molecule has 1 amide bonds. The predicted molar refractivity (Wildman–Crippen MR) is 63.3 cm³/mol. The van der Waals surface area contributed by atoms with Gasteiger partial charge in [0.2, 0.25) is 5.91 Å². The first-order valence-corrected chi connectivity index (χ1v) is 5.62. The Morgan fingerprint density at radius 2 is 2.31 bits per heavy atom. The first kappa shape index (κ1) is 11.1. The molecule has 1 heterocycles. The van der Waals surface area contributed by atoms with E-state index in [1.165, 1.54) is 0 Å². The molecular formula is C11H11ClN2O2. The van der Waals surface area contributed by atoms with Crippen molar-refractivity contribution in [3.8, 4) is 0 Å². The van der Waals surface area contributed by atoms with Crippen LogP contribution in [0.3, 0.4) is 0 Å². The van der Waals surface area contributed by atoms with E-state index in [9.17, 15) is 9.70 Å². The van der Waals surface area contributed by atoms with Crippen molar-refractivity contribution in [2.24, 2.45) is 5.18 Å². The van der Waals surface area contributed by atoms with E-state index < -0.39 is 0 Å². The van der Waals surface area contributed by atoms with E-state index in [2.05, 4.69) is 5.18 Å². The predicted octanol–water partition coefficient (Wildman–Crippen LogP) is 2.60. The van der Waals surface area contributed by atoms with Gasteiger partial charge in [-0.25, -0.2) is 0 Å². The van der Waals surface area contributed by atoms with E-state index in [-0.39, 0.29) is 11.8 Å². The van der Waals surface area contributed by atoms with Gasteiger partial charge < -0.3 is 4.90 Å². The molecule has 0 radical (unpaired) electrons. The average Bonchev–Trinajstić information content (AvgIpc) is 2.36. The number of hydrogen-bond acceptors (Lipinski definition) is 3. The maximum atomic E-state index is 11.6. The van der Waals surface area contributed by atoms with Crippen LogP contribution in [0.25, 0.3) is 0 Å². The molecule has 16 heavy (non-hydrogen) atoms. The van der Waals surface area contributed by atoms with Crippen LogP contribution in [0, 0.1) is 4.91 Å². The third kappa shape index (κ3) is 1.93. The first-order valence-electron chi connectivity index (χ1n) is 5.09. The Morgan fingerprint density at radius 1 is 1.50 bits per heavy atom. The number of fused-ring (bicyclic) bond motifs is 1. The molecule has 0 unspecified atom stereocenters. The molecular weight excluding hydrogens is 228 g/mol. The quantitative estimate of drug-likeness (QED) is 0.587. The highest BCUT2D eigenvalue weighted by Crippen LogP contribution is 2.30. The minimum absolute atomic E-state index is 0.0207. The Bertz CT molecular complexity index is 434. The van der Waals surface area contributed by atoms with Gasteiger partial charge in [0.15, 0.2) is 0 Å². The van der Waals surface area contributed by atoms with Crippen LogP contribution in [-0.4, -0.2) is 18.3 Å². The summed E-state index contributed by atoms with van der Waals surface area (Å²) in [5.41, 5.74) is 2.24. The summed E-state index contributed by atoms with van der Waals surface area (Å²) in [4.78, 5) is 23.7. The van der Waals surface area contributed by atoms with E-state index in [0.717, 1.165) is 24.1 Å². The number of benzene rings is 1. The van der Waals surface area contributed by atoms with Crippen molar-refractivity contribution in [3.05, 3.63) is 28.7 Å². The van der Waals surface area contributed by atoms with Gasteiger partial charge in [-0.05, 0) is 41.8 Å². The normalized spacial score (nSPS) is 14.4. The van der Waals surface area contributed by atoms with Gasteiger partial charge in [0.25, 0.3) is 0 Å². The molecule has 0 spiro atoms.